The van der Waals surface area contributed by atoms with E-state index in [0.29, 0.717) is 37.9 Å². The first-order valence-corrected chi connectivity index (χ1v) is 9.19. The SMILES string of the molecule is CCCCCC(=O)CCc1c(O)[nH]c(=O)n1CCCCCCC(=O)O. The van der Waals surface area contributed by atoms with Gasteiger partial charge in [0.1, 0.15) is 5.78 Å². The molecular weight excluding hydrogens is 324 g/mol. The first-order chi connectivity index (χ1) is 12.0. The summed E-state index contributed by atoms with van der Waals surface area (Å²) in [4.78, 5) is 36.6. The molecule has 0 saturated heterocycles. The molecule has 0 fully saturated rings. The lowest BCUT2D eigenvalue weighted by Crippen LogP contribution is -2.19. The van der Waals surface area contributed by atoms with Gasteiger partial charge in [0.25, 0.3) is 0 Å². The molecule has 0 unspecified atom stereocenters. The first kappa shape index (κ1) is 21.0. The highest BCUT2D eigenvalue weighted by Gasteiger charge is 2.14. The standard InChI is InChI=1S/C18H30N2O5/c1-2-3-6-9-14(21)11-12-15-17(24)19-18(25)20(15)13-8-5-4-7-10-16(22)23/h24H,2-13H2,1H3,(H,19,25)(H,22,23). The highest BCUT2D eigenvalue weighted by atomic mass is 16.4. The van der Waals surface area contributed by atoms with E-state index in [9.17, 15) is 19.5 Å². The molecule has 1 rings (SSSR count). The van der Waals surface area contributed by atoms with Crippen molar-refractivity contribution in [2.45, 2.75) is 84.1 Å². The molecule has 25 heavy (non-hydrogen) atoms. The number of Topliss-reactive ketones (excluding diaryl/α,β-unsaturated/α-hetero) is 1. The molecule has 1 aromatic rings. The van der Waals surface area contributed by atoms with E-state index in [2.05, 4.69) is 11.9 Å². The molecule has 1 heterocycles. The van der Waals surface area contributed by atoms with Crippen LogP contribution >= 0.6 is 0 Å². The van der Waals surface area contributed by atoms with Crippen molar-refractivity contribution in [3.05, 3.63) is 16.2 Å². The summed E-state index contributed by atoms with van der Waals surface area (Å²) in [5.74, 6) is -0.795. The van der Waals surface area contributed by atoms with Crippen LogP contribution in [0.3, 0.4) is 0 Å². The molecule has 1 aromatic heterocycles. The summed E-state index contributed by atoms with van der Waals surface area (Å²) in [6.45, 7) is 2.55. The van der Waals surface area contributed by atoms with Gasteiger partial charge in [0.05, 0.1) is 5.69 Å². The predicted molar refractivity (Wildman–Crippen MR) is 94.9 cm³/mol. The summed E-state index contributed by atoms with van der Waals surface area (Å²) >= 11 is 0. The Morgan fingerprint density at radius 3 is 2.36 bits per heavy atom. The largest absolute Gasteiger partial charge is 0.493 e. The Morgan fingerprint density at radius 1 is 1.00 bits per heavy atom. The first-order valence-electron chi connectivity index (χ1n) is 9.19. The Bertz CT molecular complexity index is 603. The summed E-state index contributed by atoms with van der Waals surface area (Å²) in [5.41, 5.74) is 0.121. The van der Waals surface area contributed by atoms with Gasteiger partial charge in [-0.1, -0.05) is 32.6 Å². The van der Waals surface area contributed by atoms with Crippen LogP contribution in [0.5, 0.6) is 5.88 Å². The number of aromatic nitrogens is 2. The molecule has 0 amide bonds. The van der Waals surface area contributed by atoms with Crippen LogP contribution in [0.15, 0.2) is 4.79 Å². The Morgan fingerprint density at radius 2 is 1.68 bits per heavy atom. The Hall–Kier alpha value is -2.05. The number of carboxylic acid groups (broad SMARTS) is 1. The second kappa shape index (κ2) is 11.5. The van der Waals surface area contributed by atoms with Crippen molar-refractivity contribution < 1.29 is 19.8 Å². The van der Waals surface area contributed by atoms with Crippen LogP contribution in [0.4, 0.5) is 0 Å². The van der Waals surface area contributed by atoms with Gasteiger partial charge >= 0.3 is 11.7 Å². The number of nitrogens with one attached hydrogen (secondary N) is 1. The average molecular weight is 354 g/mol. The van der Waals surface area contributed by atoms with Gasteiger partial charge < -0.3 is 10.2 Å². The number of rotatable bonds is 14. The number of hydrogen-bond acceptors (Lipinski definition) is 4. The molecule has 0 aromatic carbocycles. The van der Waals surface area contributed by atoms with Crippen LogP contribution in [-0.2, 0) is 22.6 Å². The normalized spacial score (nSPS) is 10.9. The molecule has 7 nitrogen and oxygen atoms in total. The number of aromatic amines is 1. The highest BCUT2D eigenvalue weighted by Crippen LogP contribution is 2.16. The van der Waals surface area contributed by atoms with Crippen molar-refractivity contribution in [1.29, 1.82) is 0 Å². The number of nitrogens with zero attached hydrogens (tertiary/aromatic N) is 1. The molecule has 0 aliphatic carbocycles. The van der Waals surface area contributed by atoms with Crippen molar-refractivity contribution in [3.63, 3.8) is 0 Å². The third-order valence-corrected chi connectivity index (χ3v) is 4.29. The predicted octanol–water partition coefficient (Wildman–Crippen LogP) is 3.00. The molecule has 0 radical (unpaired) electrons. The minimum absolute atomic E-state index is 0.154. The molecular formula is C18H30N2O5. The van der Waals surface area contributed by atoms with E-state index in [1.165, 1.54) is 4.57 Å². The molecule has 0 bridgehead atoms. The topological polar surface area (TPSA) is 112 Å². The van der Waals surface area contributed by atoms with Crippen molar-refractivity contribution in [3.8, 4) is 5.88 Å². The smallest absolute Gasteiger partial charge is 0.328 e. The van der Waals surface area contributed by atoms with Crippen molar-refractivity contribution in [1.82, 2.24) is 9.55 Å². The quantitative estimate of drug-likeness (QED) is 0.445. The molecule has 0 atom stereocenters. The summed E-state index contributed by atoms with van der Waals surface area (Å²) < 4.78 is 1.49. The number of H-pyrrole nitrogens is 1. The van der Waals surface area contributed by atoms with Crippen LogP contribution < -0.4 is 5.69 Å². The number of aliphatic carboxylic acids is 1. The van der Waals surface area contributed by atoms with Gasteiger partial charge in [-0.15, -0.1) is 0 Å². The highest BCUT2D eigenvalue weighted by molar-refractivity contribution is 5.78. The fourth-order valence-electron chi connectivity index (χ4n) is 2.84. The zero-order valence-corrected chi connectivity index (χ0v) is 15.1. The van der Waals surface area contributed by atoms with Crippen LogP contribution in [-0.4, -0.2) is 31.5 Å². The Labute approximate surface area is 148 Å². The summed E-state index contributed by atoms with van der Waals surface area (Å²) in [6.07, 6.45) is 7.35. The Kier molecular flexibility index (Phi) is 9.65. The zero-order valence-electron chi connectivity index (χ0n) is 15.1. The average Bonchev–Trinajstić information content (AvgIpc) is 2.82. The number of aromatic hydroxyl groups is 1. The third-order valence-electron chi connectivity index (χ3n) is 4.29. The number of unbranched alkanes of at least 4 members (excludes halogenated alkanes) is 5. The molecule has 0 saturated carbocycles. The lowest BCUT2D eigenvalue weighted by atomic mass is 10.1. The van der Waals surface area contributed by atoms with Crippen LogP contribution in [0.1, 0.15) is 76.8 Å². The fraction of sp³-hybridized carbons (Fsp3) is 0.722. The molecule has 142 valence electrons. The second-order valence-corrected chi connectivity index (χ2v) is 6.43. The summed E-state index contributed by atoms with van der Waals surface area (Å²) in [6, 6.07) is 0. The van der Waals surface area contributed by atoms with E-state index in [-0.39, 0.29) is 23.8 Å². The van der Waals surface area contributed by atoms with Crippen LogP contribution in [0, 0.1) is 0 Å². The van der Waals surface area contributed by atoms with Gasteiger partial charge in [-0.05, 0) is 19.3 Å². The molecule has 0 spiro atoms. The van der Waals surface area contributed by atoms with Crippen molar-refractivity contribution >= 4 is 11.8 Å². The van der Waals surface area contributed by atoms with E-state index in [1.807, 2.05) is 0 Å². The molecule has 0 aliphatic rings. The number of imidazole rings is 1. The number of ketones is 1. The third kappa shape index (κ3) is 8.05. The van der Waals surface area contributed by atoms with Gasteiger partial charge in [-0.3, -0.25) is 19.1 Å². The van der Waals surface area contributed by atoms with Crippen LogP contribution in [0.2, 0.25) is 0 Å². The fourth-order valence-corrected chi connectivity index (χ4v) is 2.84. The summed E-state index contributed by atoms with van der Waals surface area (Å²) in [7, 11) is 0. The maximum absolute atomic E-state index is 11.9. The Balaban J connectivity index is 2.45. The van der Waals surface area contributed by atoms with E-state index in [1.54, 1.807) is 0 Å². The van der Waals surface area contributed by atoms with E-state index >= 15 is 0 Å². The molecule has 3 N–H and O–H groups in total. The molecule has 0 aliphatic heterocycles. The van der Waals surface area contributed by atoms with Gasteiger partial charge in [-0.25, -0.2) is 4.79 Å². The molecule has 7 heteroatoms. The number of hydrogen-bond donors (Lipinski definition) is 3. The number of carbonyl (C=O) groups excluding carboxylic acids is 1. The van der Waals surface area contributed by atoms with Gasteiger partial charge in [0, 0.05) is 32.2 Å². The number of carbonyl (C=O) groups is 2. The van der Waals surface area contributed by atoms with E-state index < -0.39 is 5.97 Å². The summed E-state index contributed by atoms with van der Waals surface area (Å²) in [5, 5.41) is 18.5. The lowest BCUT2D eigenvalue weighted by Gasteiger charge is -2.07. The maximum atomic E-state index is 11.9. The van der Waals surface area contributed by atoms with Gasteiger partial charge in [0.15, 0.2) is 0 Å². The monoisotopic (exact) mass is 354 g/mol. The zero-order chi connectivity index (χ0) is 18.7. The van der Waals surface area contributed by atoms with E-state index in [0.717, 1.165) is 38.5 Å². The van der Waals surface area contributed by atoms with Gasteiger partial charge in [0.2, 0.25) is 5.88 Å². The van der Waals surface area contributed by atoms with Crippen molar-refractivity contribution in [2.24, 2.45) is 0 Å². The minimum atomic E-state index is -0.794. The minimum Gasteiger partial charge on any atom is -0.493 e. The lowest BCUT2D eigenvalue weighted by molar-refractivity contribution is -0.137. The van der Waals surface area contributed by atoms with E-state index in [4.69, 9.17) is 5.11 Å². The van der Waals surface area contributed by atoms with Crippen molar-refractivity contribution in [2.75, 3.05) is 0 Å². The maximum Gasteiger partial charge on any atom is 0.328 e. The van der Waals surface area contributed by atoms with Gasteiger partial charge in [-0.2, -0.15) is 0 Å². The second-order valence-electron chi connectivity index (χ2n) is 6.43. The number of carboxylic acids is 1. The van der Waals surface area contributed by atoms with Crippen LogP contribution in [0.25, 0.3) is 0 Å².